The standard InChI is InChI=1S/C25H30N4O2S2/c1-5-12-29-24(31)22-19-11-6-16(2)13-20(19)33-23(22)27-25(29)32-15-21(30)26-14-17-7-9-18(10-8-17)28(3)4/h5,7-10,16H,1,6,11-15H2,2-4H3,(H,26,30). The van der Waals surface area contributed by atoms with Crippen molar-refractivity contribution in [2.45, 2.75) is 44.4 Å². The fourth-order valence-corrected chi connectivity index (χ4v) is 6.36. The van der Waals surface area contributed by atoms with E-state index in [1.807, 2.05) is 43.3 Å². The number of carbonyl (C=O) groups is 1. The number of benzene rings is 1. The molecular weight excluding hydrogens is 452 g/mol. The zero-order chi connectivity index (χ0) is 23.5. The Hall–Kier alpha value is -2.58. The molecule has 33 heavy (non-hydrogen) atoms. The summed E-state index contributed by atoms with van der Waals surface area (Å²) in [7, 11) is 3.99. The van der Waals surface area contributed by atoms with Gasteiger partial charge in [0.2, 0.25) is 5.91 Å². The molecule has 8 heteroatoms. The molecule has 0 saturated carbocycles. The molecule has 0 radical (unpaired) electrons. The lowest BCUT2D eigenvalue weighted by molar-refractivity contribution is -0.118. The molecule has 3 aromatic rings. The molecule has 1 amide bonds. The van der Waals surface area contributed by atoms with E-state index in [1.54, 1.807) is 22.0 Å². The van der Waals surface area contributed by atoms with E-state index in [-0.39, 0.29) is 17.2 Å². The van der Waals surface area contributed by atoms with Crippen molar-refractivity contribution in [1.29, 1.82) is 0 Å². The number of thiophene rings is 1. The molecule has 1 unspecified atom stereocenters. The number of hydrogen-bond donors (Lipinski definition) is 1. The molecule has 2 heterocycles. The maximum absolute atomic E-state index is 13.3. The molecule has 1 aliphatic carbocycles. The van der Waals surface area contributed by atoms with Crippen LogP contribution in [0.25, 0.3) is 10.2 Å². The number of nitrogens with zero attached hydrogens (tertiary/aromatic N) is 3. The Morgan fingerprint density at radius 3 is 2.82 bits per heavy atom. The first-order chi connectivity index (χ1) is 15.9. The molecule has 0 fully saturated rings. The molecule has 1 N–H and O–H groups in total. The number of rotatable bonds is 8. The van der Waals surface area contributed by atoms with Crippen LogP contribution in [0.5, 0.6) is 0 Å². The third kappa shape index (κ3) is 5.17. The number of hydrogen-bond acceptors (Lipinski definition) is 6. The lowest BCUT2D eigenvalue weighted by Gasteiger charge is -2.17. The average Bonchev–Trinajstić information content (AvgIpc) is 3.16. The summed E-state index contributed by atoms with van der Waals surface area (Å²) in [4.78, 5) is 34.8. The minimum Gasteiger partial charge on any atom is -0.378 e. The molecule has 0 saturated heterocycles. The van der Waals surface area contributed by atoms with E-state index in [9.17, 15) is 9.59 Å². The summed E-state index contributed by atoms with van der Waals surface area (Å²) in [6.07, 6.45) is 4.76. The maximum atomic E-state index is 13.3. The third-order valence-corrected chi connectivity index (χ3v) is 8.09. The topological polar surface area (TPSA) is 67.2 Å². The summed E-state index contributed by atoms with van der Waals surface area (Å²) in [6, 6.07) is 8.09. The first-order valence-electron chi connectivity index (χ1n) is 11.2. The van der Waals surface area contributed by atoms with E-state index in [0.717, 1.165) is 40.7 Å². The largest absolute Gasteiger partial charge is 0.378 e. The smallest absolute Gasteiger partial charge is 0.263 e. The third-order valence-electron chi connectivity index (χ3n) is 5.97. The summed E-state index contributed by atoms with van der Waals surface area (Å²) in [5.74, 6) is 0.751. The van der Waals surface area contributed by atoms with Crippen molar-refractivity contribution < 1.29 is 4.79 Å². The Morgan fingerprint density at radius 2 is 2.12 bits per heavy atom. The van der Waals surface area contributed by atoms with Crippen LogP contribution in [0.3, 0.4) is 0 Å². The molecule has 0 aliphatic heterocycles. The Labute approximate surface area is 202 Å². The quantitative estimate of drug-likeness (QED) is 0.295. The highest BCUT2D eigenvalue weighted by Crippen LogP contribution is 2.36. The van der Waals surface area contributed by atoms with Crippen LogP contribution >= 0.6 is 23.1 Å². The fourth-order valence-electron chi connectivity index (χ4n) is 4.10. The summed E-state index contributed by atoms with van der Waals surface area (Å²) in [5.41, 5.74) is 3.32. The van der Waals surface area contributed by atoms with Gasteiger partial charge in [-0.25, -0.2) is 4.98 Å². The Morgan fingerprint density at radius 1 is 1.36 bits per heavy atom. The van der Waals surface area contributed by atoms with E-state index < -0.39 is 0 Å². The number of aryl methyl sites for hydroxylation is 1. The van der Waals surface area contributed by atoms with Crippen LogP contribution in [-0.2, 0) is 30.7 Å². The van der Waals surface area contributed by atoms with Gasteiger partial charge in [0, 0.05) is 37.7 Å². The van der Waals surface area contributed by atoms with Crippen LogP contribution in [0.4, 0.5) is 5.69 Å². The highest BCUT2D eigenvalue weighted by atomic mass is 32.2. The van der Waals surface area contributed by atoms with Gasteiger partial charge in [-0.1, -0.05) is 36.9 Å². The molecular formula is C25H30N4O2S2. The first-order valence-corrected chi connectivity index (χ1v) is 13.0. The highest BCUT2D eigenvalue weighted by molar-refractivity contribution is 7.99. The molecule has 4 rings (SSSR count). The van der Waals surface area contributed by atoms with Gasteiger partial charge in [-0.15, -0.1) is 17.9 Å². The van der Waals surface area contributed by atoms with Crippen LogP contribution in [0.2, 0.25) is 0 Å². The van der Waals surface area contributed by atoms with Crippen molar-refractivity contribution in [3.8, 4) is 0 Å². The van der Waals surface area contributed by atoms with Gasteiger partial charge in [-0.3, -0.25) is 14.2 Å². The molecule has 1 atom stereocenters. The Bertz CT molecular complexity index is 1230. The SMILES string of the molecule is C=CCn1c(SCC(=O)NCc2ccc(N(C)C)cc2)nc2sc3c(c2c1=O)CCC(C)C3. The summed E-state index contributed by atoms with van der Waals surface area (Å²) < 4.78 is 1.65. The molecule has 2 aromatic heterocycles. The highest BCUT2D eigenvalue weighted by Gasteiger charge is 2.24. The number of amides is 1. The normalized spacial score (nSPS) is 15.3. The van der Waals surface area contributed by atoms with E-state index in [0.29, 0.717) is 24.2 Å². The number of aromatic nitrogens is 2. The first kappa shape index (κ1) is 23.6. The summed E-state index contributed by atoms with van der Waals surface area (Å²) >= 11 is 2.94. The molecule has 1 aliphatic rings. The van der Waals surface area contributed by atoms with E-state index >= 15 is 0 Å². The van der Waals surface area contributed by atoms with Gasteiger partial charge in [-0.2, -0.15) is 0 Å². The fraction of sp³-hybridized carbons (Fsp3) is 0.400. The van der Waals surface area contributed by atoms with Crippen molar-refractivity contribution in [3.63, 3.8) is 0 Å². The van der Waals surface area contributed by atoms with E-state index in [1.165, 1.54) is 22.2 Å². The minimum atomic E-state index is -0.0875. The second-order valence-electron chi connectivity index (χ2n) is 8.76. The predicted octanol–water partition coefficient (Wildman–Crippen LogP) is 4.24. The molecule has 0 spiro atoms. The zero-order valence-electron chi connectivity index (χ0n) is 19.4. The Balaban J connectivity index is 1.48. The average molecular weight is 483 g/mol. The van der Waals surface area contributed by atoms with Gasteiger partial charge < -0.3 is 10.2 Å². The number of allylic oxidation sites excluding steroid dienone is 1. The number of anilines is 1. The maximum Gasteiger partial charge on any atom is 0.263 e. The van der Waals surface area contributed by atoms with Crippen molar-refractivity contribution in [2.75, 3.05) is 24.7 Å². The Kier molecular flexibility index (Phi) is 7.24. The predicted molar refractivity (Wildman–Crippen MR) is 139 cm³/mol. The van der Waals surface area contributed by atoms with Crippen LogP contribution < -0.4 is 15.8 Å². The van der Waals surface area contributed by atoms with Crippen molar-refractivity contribution in [1.82, 2.24) is 14.9 Å². The number of carbonyl (C=O) groups excluding carboxylic acids is 1. The van der Waals surface area contributed by atoms with Crippen molar-refractivity contribution in [2.24, 2.45) is 5.92 Å². The van der Waals surface area contributed by atoms with Gasteiger partial charge in [0.25, 0.3) is 5.56 Å². The molecule has 6 nitrogen and oxygen atoms in total. The molecule has 174 valence electrons. The second-order valence-corrected chi connectivity index (χ2v) is 10.8. The van der Waals surface area contributed by atoms with Crippen LogP contribution in [0.1, 0.15) is 29.3 Å². The second kappa shape index (κ2) is 10.1. The van der Waals surface area contributed by atoms with Gasteiger partial charge in [0.1, 0.15) is 4.83 Å². The lowest BCUT2D eigenvalue weighted by Crippen LogP contribution is -2.26. The monoisotopic (exact) mass is 482 g/mol. The van der Waals surface area contributed by atoms with Gasteiger partial charge in [0.15, 0.2) is 5.16 Å². The van der Waals surface area contributed by atoms with Gasteiger partial charge in [0.05, 0.1) is 11.1 Å². The lowest BCUT2D eigenvalue weighted by atomic mass is 9.89. The summed E-state index contributed by atoms with van der Waals surface area (Å²) in [6.45, 7) is 6.91. The number of nitrogens with one attached hydrogen (secondary N) is 1. The van der Waals surface area contributed by atoms with Crippen molar-refractivity contribution >= 4 is 44.9 Å². The van der Waals surface area contributed by atoms with Gasteiger partial charge >= 0.3 is 0 Å². The molecule has 1 aromatic carbocycles. The molecule has 0 bridgehead atoms. The number of fused-ring (bicyclic) bond motifs is 3. The summed E-state index contributed by atoms with van der Waals surface area (Å²) in [5, 5.41) is 4.30. The van der Waals surface area contributed by atoms with E-state index in [2.05, 4.69) is 18.8 Å². The number of thioether (sulfide) groups is 1. The minimum absolute atomic E-state index is 0.0177. The van der Waals surface area contributed by atoms with E-state index in [4.69, 9.17) is 4.98 Å². The zero-order valence-corrected chi connectivity index (χ0v) is 21.0. The van der Waals surface area contributed by atoms with Gasteiger partial charge in [-0.05, 0) is 48.4 Å². The van der Waals surface area contributed by atoms with Crippen LogP contribution in [0, 0.1) is 5.92 Å². The van der Waals surface area contributed by atoms with Crippen LogP contribution in [-0.4, -0.2) is 35.3 Å². The van der Waals surface area contributed by atoms with Crippen molar-refractivity contribution in [3.05, 3.63) is 63.3 Å². The van der Waals surface area contributed by atoms with Crippen LogP contribution in [0.15, 0.2) is 46.9 Å².